The minimum Gasteiger partial charge on any atom is -0.462 e. The predicted octanol–water partition coefficient (Wildman–Crippen LogP) is 3.70. The lowest BCUT2D eigenvalue weighted by Gasteiger charge is -2.39. The van der Waals surface area contributed by atoms with Gasteiger partial charge in [-0.05, 0) is 66.0 Å². The maximum absolute atomic E-state index is 15.1. The SMILES string of the molecule is CN1CCC[C@H]1COc1nc(N2CCC3CN(C(=O)OC(C)(C)C)C(C=O)(C3)C2)c2cnc(Cl)c(F)c2n1. The summed E-state index contributed by atoms with van der Waals surface area (Å²) in [5.74, 6) is -0.248. The fourth-order valence-corrected chi connectivity index (χ4v) is 5.91. The van der Waals surface area contributed by atoms with Crippen molar-refractivity contribution in [2.45, 2.75) is 63.6 Å². The summed E-state index contributed by atoms with van der Waals surface area (Å²) in [4.78, 5) is 44.4. The topological polar surface area (TPSA) is 101 Å². The summed E-state index contributed by atoms with van der Waals surface area (Å²) in [6, 6.07) is 0.255. The van der Waals surface area contributed by atoms with E-state index in [9.17, 15) is 9.59 Å². The Morgan fingerprint density at radius 2 is 2.08 bits per heavy atom. The van der Waals surface area contributed by atoms with Crippen molar-refractivity contribution < 1.29 is 23.5 Å². The van der Waals surface area contributed by atoms with E-state index in [0.29, 0.717) is 43.7 Å². The van der Waals surface area contributed by atoms with Crippen LogP contribution in [0.1, 0.15) is 46.5 Å². The van der Waals surface area contributed by atoms with Crippen molar-refractivity contribution in [1.82, 2.24) is 24.8 Å². The molecule has 2 unspecified atom stereocenters. The normalized spacial score (nSPS) is 26.1. The van der Waals surface area contributed by atoms with Gasteiger partial charge in [-0.25, -0.2) is 14.2 Å². The number of hydrogen-bond donors (Lipinski definition) is 0. The highest BCUT2D eigenvalue weighted by Gasteiger charge is 2.52. The maximum atomic E-state index is 15.1. The van der Waals surface area contributed by atoms with E-state index in [1.54, 1.807) is 20.8 Å². The third kappa shape index (κ3) is 5.10. The summed E-state index contributed by atoms with van der Waals surface area (Å²) < 4.78 is 26.7. The van der Waals surface area contributed by atoms with E-state index in [1.165, 1.54) is 11.1 Å². The van der Waals surface area contributed by atoms with Crippen LogP contribution in [0, 0.1) is 11.7 Å². The molecule has 3 aliphatic rings. The number of fused-ring (bicyclic) bond motifs is 3. The highest BCUT2D eigenvalue weighted by Crippen LogP contribution is 2.41. The third-order valence-corrected chi connectivity index (χ3v) is 7.97. The Hall–Kier alpha value is -2.79. The molecule has 0 aliphatic carbocycles. The average molecular weight is 549 g/mol. The number of carbonyl (C=O) groups excluding carboxylic acids is 2. The second-order valence-electron chi connectivity index (χ2n) is 11.6. The van der Waals surface area contributed by atoms with Gasteiger partial charge in [0.15, 0.2) is 11.0 Å². The summed E-state index contributed by atoms with van der Waals surface area (Å²) in [6.07, 6.45) is 5.07. The lowest BCUT2D eigenvalue weighted by atomic mass is 9.94. The standard InChI is InChI=1S/C26H34ClFN6O4/c1-25(2,3)38-24(36)34-12-16-7-9-33(14-26(34,10-16)15-35)22-18-11-29-21(27)19(28)20(18)30-23(31-22)37-13-17-6-5-8-32(17)4/h11,15-17H,5-10,12-14H2,1-4H3/t16?,17-,26?/m0/s1. The zero-order chi connectivity index (χ0) is 27.2. The largest absolute Gasteiger partial charge is 0.462 e. The Balaban J connectivity index is 1.51. The van der Waals surface area contributed by atoms with Gasteiger partial charge in [0, 0.05) is 31.9 Å². The molecule has 3 aliphatic heterocycles. The van der Waals surface area contributed by atoms with Crippen LogP contribution in [0.5, 0.6) is 6.01 Å². The Morgan fingerprint density at radius 3 is 2.76 bits per heavy atom. The molecule has 38 heavy (non-hydrogen) atoms. The van der Waals surface area contributed by atoms with Crippen LogP contribution in [0.4, 0.5) is 15.0 Å². The minimum absolute atomic E-state index is 0.00309. The van der Waals surface area contributed by atoms with E-state index in [-0.39, 0.29) is 35.2 Å². The molecule has 5 heterocycles. The van der Waals surface area contributed by atoms with Gasteiger partial charge in [0.1, 0.15) is 35.4 Å². The number of hydrogen-bond acceptors (Lipinski definition) is 9. The van der Waals surface area contributed by atoms with E-state index in [4.69, 9.17) is 21.1 Å². The Morgan fingerprint density at radius 1 is 1.29 bits per heavy atom. The molecule has 0 saturated carbocycles. The van der Waals surface area contributed by atoms with Crippen LogP contribution < -0.4 is 9.64 Å². The van der Waals surface area contributed by atoms with E-state index >= 15 is 4.39 Å². The number of aromatic nitrogens is 3. The number of anilines is 1. The summed E-state index contributed by atoms with van der Waals surface area (Å²) >= 11 is 5.99. The summed E-state index contributed by atoms with van der Waals surface area (Å²) in [6.45, 7) is 7.93. The highest BCUT2D eigenvalue weighted by atomic mass is 35.5. The van der Waals surface area contributed by atoms with Crippen LogP contribution in [-0.4, -0.2) is 94.1 Å². The summed E-state index contributed by atoms with van der Waals surface area (Å²) in [5.41, 5.74) is -1.80. The Bertz CT molecular complexity index is 1240. The first-order valence-electron chi connectivity index (χ1n) is 13.1. The molecule has 0 spiro atoms. The number of ether oxygens (including phenoxy) is 2. The molecule has 3 atom stereocenters. The van der Waals surface area contributed by atoms with Gasteiger partial charge in [0.2, 0.25) is 0 Å². The third-order valence-electron chi connectivity index (χ3n) is 7.70. The molecule has 0 N–H and O–H groups in total. The lowest BCUT2D eigenvalue weighted by molar-refractivity contribution is -0.116. The number of likely N-dealkylation sites (tertiary alicyclic amines) is 2. The predicted molar refractivity (Wildman–Crippen MR) is 140 cm³/mol. The quantitative estimate of drug-likeness (QED) is 0.409. The van der Waals surface area contributed by atoms with Gasteiger partial charge in [-0.1, -0.05) is 11.6 Å². The van der Waals surface area contributed by atoms with Crippen molar-refractivity contribution in [2.75, 3.05) is 44.7 Å². The number of aldehydes is 1. The van der Waals surface area contributed by atoms with Gasteiger partial charge < -0.3 is 24.1 Å². The molecule has 10 nitrogen and oxygen atoms in total. The zero-order valence-corrected chi connectivity index (χ0v) is 23.0. The number of rotatable bonds is 5. The number of carbonyl (C=O) groups is 2. The van der Waals surface area contributed by atoms with Crippen molar-refractivity contribution in [2.24, 2.45) is 5.92 Å². The van der Waals surface area contributed by atoms with Crippen LogP contribution in [0.25, 0.3) is 10.9 Å². The first kappa shape index (κ1) is 26.8. The molecule has 3 fully saturated rings. The number of nitrogens with zero attached hydrogens (tertiary/aromatic N) is 6. The van der Waals surface area contributed by atoms with Gasteiger partial charge >= 0.3 is 12.1 Å². The molecule has 2 aromatic rings. The summed E-state index contributed by atoms with van der Waals surface area (Å²) in [7, 11) is 2.04. The van der Waals surface area contributed by atoms with Gasteiger partial charge in [0.05, 0.1) is 5.39 Å². The minimum atomic E-state index is -1.10. The first-order valence-corrected chi connectivity index (χ1v) is 13.4. The van der Waals surface area contributed by atoms with Gasteiger partial charge in [-0.15, -0.1) is 0 Å². The molecule has 0 aromatic carbocycles. The highest BCUT2D eigenvalue weighted by molar-refractivity contribution is 6.30. The van der Waals surface area contributed by atoms with E-state index in [0.717, 1.165) is 25.7 Å². The fourth-order valence-electron chi connectivity index (χ4n) is 5.77. The maximum Gasteiger partial charge on any atom is 0.411 e. The average Bonchev–Trinajstić information content (AvgIpc) is 3.37. The van der Waals surface area contributed by atoms with Crippen molar-refractivity contribution in [1.29, 1.82) is 0 Å². The van der Waals surface area contributed by atoms with Crippen LogP contribution in [0.3, 0.4) is 0 Å². The van der Waals surface area contributed by atoms with Crippen LogP contribution >= 0.6 is 11.6 Å². The first-order chi connectivity index (χ1) is 18.0. The van der Waals surface area contributed by atoms with Gasteiger partial charge in [-0.3, -0.25) is 4.90 Å². The molecule has 12 heteroatoms. The molecule has 2 aromatic heterocycles. The number of pyridine rings is 1. The zero-order valence-electron chi connectivity index (χ0n) is 22.2. The second-order valence-corrected chi connectivity index (χ2v) is 12.0. The number of likely N-dealkylation sites (N-methyl/N-ethyl adjacent to an activating group) is 1. The molecular formula is C26H34ClFN6O4. The van der Waals surface area contributed by atoms with Crippen molar-refractivity contribution >= 4 is 40.7 Å². The molecule has 0 radical (unpaired) electrons. The van der Waals surface area contributed by atoms with Crippen LogP contribution in [-0.2, 0) is 9.53 Å². The smallest absolute Gasteiger partial charge is 0.411 e. The number of amides is 1. The van der Waals surface area contributed by atoms with E-state index in [1.807, 2.05) is 11.9 Å². The summed E-state index contributed by atoms with van der Waals surface area (Å²) in [5, 5.41) is 0.0684. The molecule has 2 bridgehead atoms. The van der Waals surface area contributed by atoms with E-state index < -0.39 is 23.1 Å². The Kier molecular flexibility index (Phi) is 7.10. The molecule has 5 rings (SSSR count). The molecule has 3 saturated heterocycles. The van der Waals surface area contributed by atoms with Crippen molar-refractivity contribution in [3.8, 4) is 6.01 Å². The molecular weight excluding hydrogens is 515 g/mol. The molecule has 1 amide bonds. The Labute approximate surface area is 226 Å². The lowest BCUT2D eigenvalue weighted by Crippen LogP contribution is -2.57. The molecule has 206 valence electrons. The fraction of sp³-hybridized carbons (Fsp3) is 0.654. The second kappa shape index (κ2) is 10.1. The van der Waals surface area contributed by atoms with Crippen LogP contribution in [0.2, 0.25) is 5.15 Å². The van der Waals surface area contributed by atoms with Gasteiger partial charge in [0.25, 0.3) is 0 Å². The van der Waals surface area contributed by atoms with E-state index in [2.05, 4.69) is 19.9 Å². The van der Waals surface area contributed by atoms with Crippen molar-refractivity contribution in [3.63, 3.8) is 0 Å². The van der Waals surface area contributed by atoms with Crippen LogP contribution in [0.15, 0.2) is 6.20 Å². The van der Waals surface area contributed by atoms with Crippen molar-refractivity contribution in [3.05, 3.63) is 17.2 Å². The van der Waals surface area contributed by atoms with Gasteiger partial charge in [-0.2, -0.15) is 9.97 Å². The monoisotopic (exact) mass is 548 g/mol. The number of halogens is 2.